The summed E-state index contributed by atoms with van der Waals surface area (Å²) in [5, 5.41) is 13.8. The maximum Gasteiger partial charge on any atom is 0.161 e. The van der Waals surface area contributed by atoms with E-state index in [0.717, 1.165) is 6.54 Å². The Labute approximate surface area is 127 Å². The van der Waals surface area contributed by atoms with Gasteiger partial charge in [0.15, 0.2) is 11.5 Å². The SMILES string of the molecule is CCC(O)(CC)COc1cc(CNC2CC2)ccc1OC. The van der Waals surface area contributed by atoms with Crippen molar-refractivity contribution in [1.29, 1.82) is 0 Å². The van der Waals surface area contributed by atoms with Crippen molar-refractivity contribution in [2.45, 2.75) is 57.7 Å². The topological polar surface area (TPSA) is 50.7 Å². The fraction of sp³-hybridized carbons (Fsp3) is 0.647. The molecule has 4 heteroatoms. The second-order valence-corrected chi connectivity index (χ2v) is 5.86. The maximum atomic E-state index is 10.3. The van der Waals surface area contributed by atoms with Crippen molar-refractivity contribution in [3.8, 4) is 11.5 Å². The summed E-state index contributed by atoms with van der Waals surface area (Å²) in [7, 11) is 1.64. The molecule has 1 fully saturated rings. The van der Waals surface area contributed by atoms with E-state index in [-0.39, 0.29) is 6.61 Å². The maximum absolute atomic E-state index is 10.3. The number of aliphatic hydroxyl groups is 1. The van der Waals surface area contributed by atoms with E-state index >= 15 is 0 Å². The summed E-state index contributed by atoms with van der Waals surface area (Å²) in [6, 6.07) is 6.66. The van der Waals surface area contributed by atoms with Gasteiger partial charge >= 0.3 is 0 Å². The lowest BCUT2D eigenvalue weighted by atomic mass is 9.99. The van der Waals surface area contributed by atoms with Crippen LogP contribution in [0.2, 0.25) is 0 Å². The Balaban J connectivity index is 2.02. The van der Waals surface area contributed by atoms with Crippen molar-refractivity contribution >= 4 is 0 Å². The smallest absolute Gasteiger partial charge is 0.161 e. The van der Waals surface area contributed by atoms with Gasteiger partial charge in [-0.3, -0.25) is 0 Å². The number of nitrogens with one attached hydrogen (secondary N) is 1. The zero-order valence-electron chi connectivity index (χ0n) is 13.3. The minimum Gasteiger partial charge on any atom is -0.493 e. The van der Waals surface area contributed by atoms with Crippen LogP contribution in [0.4, 0.5) is 0 Å². The molecular formula is C17H27NO3. The summed E-state index contributed by atoms with van der Waals surface area (Å²) in [5.41, 5.74) is 0.405. The molecule has 118 valence electrons. The lowest BCUT2D eigenvalue weighted by Gasteiger charge is -2.25. The lowest BCUT2D eigenvalue weighted by molar-refractivity contribution is -0.0119. The summed E-state index contributed by atoms with van der Waals surface area (Å²) < 4.78 is 11.2. The van der Waals surface area contributed by atoms with Crippen LogP contribution >= 0.6 is 0 Å². The van der Waals surface area contributed by atoms with Crippen LogP contribution in [0, 0.1) is 0 Å². The molecule has 4 nitrogen and oxygen atoms in total. The van der Waals surface area contributed by atoms with Gasteiger partial charge in [-0.1, -0.05) is 19.9 Å². The summed E-state index contributed by atoms with van der Waals surface area (Å²) in [4.78, 5) is 0. The van der Waals surface area contributed by atoms with Crippen molar-refractivity contribution in [2.24, 2.45) is 0 Å². The van der Waals surface area contributed by atoms with Crippen LogP contribution in [0.1, 0.15) is 45.1 Å². The fourth-order valence-corrected chi connectivity index (χ4v) is 2.16. The molecule has 0 aliphatic heterocycles. The highest BCUT2D eigenvalue weighted by Crippen LogP contribution is 2.30. The summed E-state index contributed by atoms with van der Waals surface area (Å²) in [6.45, 7) is 5.08. The average Bonchev–Trinajstić information content (AvgIpc) is 3.35. The predicted octanol–water partition coefficient (Wildman–Crippen LogP) is 2.88. The molecule has 1 aliphatic rings. The molecule has 0 atom stereocenters. The van der Waals surface area contributed by atoms with Crippen molar-refractivity contribution in [3.63, 3.8) is 0 Å². The monoisotopic (exact) mass is 293 g/mol. The highest BCUT2D eigenvalue weighted by molar-refractivity contribution is 5.43. The Morgan fingerprint density at radius 3 is 2.52 bits per heavy atom. The van der Waals surface area contributed by atoms with Gasteiger partial charge in [-0.15, -0.1) is 0 Å². The van der Waals surface area contributed by atoms with E-state index in [1.165, 1.54) is 18.4 Å². The summed E-state index contributed by atoms with van der Waals surface area (Å²) in [5.74, 6) is 1.41. The van der Waals surface area contributed by atoms with Crippen molar-refractivity contribution in [1.82, 2.24) is 5.32 Å². The van der Waals surface area contributed by atoms with Crippen LogP contribution in [0.25, 0.3) is 0 Å². The Morgan fingerprint density at radius 1 is 1.24 bits per heavy atom. The van der Waals surface area contributed by atoms with Gasteiger partial charge in [0, 0.05) is 12.6 Å². The van der Waals surface area contributed by atoms with Gasteiger partial charge in [0.25, 0.3) is 0 Å². The van der Waals surface area contributed by atoms with Crippen LogP contribution in [0.5, 0.6) is 11.5 Å². The Morgan fingerprint density at radius 2 is 1.95 bits per heavy atom. The Bertz CT molecular complexity index is 453. The first-order valence-corrected chi connectivity index (χ1v) is 7.85. The molecule has 0 spiro atoms. The molecule has 1 aliphatic carbocycles. The van der Waals surface area contributed by atoms with Crippen molar-refractivity contribution < 1.29 is 14.6 Å². The zero-order valence-corrected chi connectivity index (χ0v) is 13.3. The molecule has 0 radical (unpaired) electrons. The molecule has 2 rings (SSSR count). The molecule has 1 aromatic rings. The molecule has 1 saturated carbocycles. The third-order valence-electron chi connectivity index (χ3n) is 4.21. The van der Waals surface area contributed by atoms with Crippen LogP contribution in [0.3, 0.4) is 0 Å². The highest BCUT2D eigenvalue weighted by Gasteiger charge is 2.24. The summed E-state index contributed by atoms with van der Waals surface area (Å²) in [6.07, 6.45) is 3.91. The van der Waals surface area contributed by atoms with Gasteiger partial charge in [0.05, 0.1) is 12.7 Å². The molecule has 0 unspecified atom stereocenters. The third-order valence-corrected chi connectivity index (χ3v) is 4.21. The first-order valence-electron chi connectivity index (χ1n) is 7.85. The number of hydrogen-bond acceptors (Lipinski definition) is 4. The molecule has 0 heterocycles. The Kier molecular flexibility index (Phi) is 5.48. The molecular weight excluding hydrogens is 266 g/mol. The van der Waals surface area contributed by atoms with E-state index in [1.54, 1.807) is 7.11 Å². The van der Waals surface area contributed by atoms with Gasteiger partial charge in [-0.25, -0.2) is 0 Å². The molecule has 0 aromatic heterocycles. The van der Waals surface area contributed by atoms with Gasteiger partial charge in [-0.2, -0.15) is 0 Å². The average molecular weight is 293 g/mol. The first-order chi connectivity index (χ1) is 10.1. The van der Waals surface area contributed by atoms with Gasteiger partial charge in [0.2, 0.25) is 0 Å². The van der Waals surface area contributed by atoms with E-state index in [1.807, 2.05) is 32.0 Å². The Hall–Kier alpha value is -1.26. The molecule has 1 aromatic carbocycles. The second kappa shape index (κ2) is 7.14. The minimum absolute atomic E-state index is 0.288. The number of ether oxygens (including phenoxy) is 2. The molecule has 0 bridgehead atoms. The first kappa shape index (κ1) is 16.1. The lowest BCUT2D eigenvalue weighted by Crippen LogP contribution is -2.34. The number of methoxy groups -OCH3 is 1. The number of hydrogen-bond donors (Lipinski definition) is 2. The van der Waals surface area contributed by atoms with Gasteiger partial charge < -0.3 is 19.9 Å². The molecule has 21 heavy (non-hydrogen) atoms. The molecule has 2 N–H and O–H groups in total. The van der Waals surface area contributed by atoms with Crippen molar-refractivity contribution in [2.75, 3.05) is 13.7 Å². The molecule has 0 saturated heterocycles. The molecule has 0 amide bonds. The number of benzene rings is 1. The fourth-order valence-electron chi connectivity index (χ4n) is 2.16. The van der Waals surface area contributed by atoms with Crippen LogP contribution in [-0.4, -0.2) is 30.5 Å². The zero-order chi connectivity index (χ0) is 15.3. The number of rotatable bonds is 9. The summed E-state index contributed by atoms with van der Waals surface area (Å²) >= 11 is 0. The van der Waals surface area contributed by atoms with Crippen molar-refractivity contribution in [3.05, 3.63) is 23.8 Å². The highest BCUT2D eigenvalue weighted by atomic mass is 16.5. The van der Waals surface area contributed by atoms with Gasteiger partial charge in [-0.05, 0) is 43.4 Å². The quantitative estimate of drug-likeness (QED) is 0.735. The second-order valence-electron chi connectivity index (χ2n) is 5.86. The van der Waals surface area contributed by atoms with E-state index in [4.69, 9.17) is 9.47 Å². The predicted molar refractivity (Wildman–Crippen MR) is 83.9 cm³/mol. The van der Waals surface area contributed by atoms with Crippen LogP contribution in [0.15, 0.2) is 18.2 Å². The normalized spacial score (nSPS) is 15.0. The van der Waals surface area contributed by atoms with Gasteiger partial charge in [0.1, 0.15) is 6.61 Å². The van der Waals surface area contributed by atoms with E-state index in [2.05, 4.69) is 5.32 Å². The largest absolute Gasteiger partial charge is 0.493 e. The van der Waals surface area contributed by atoms with E-state index in [9.17, 15) is 5.11 Å². The van der Waals surface area contributed by atoms with E-state index in [0.29, 0.717) is 30.4 Å². The standard InChI is InChI=1S/C17H27NO3/c1-4-17(19,5-2)12-21-16-10-13(6-9-15(16)20-3)11-18-14-7-8-14/h6,9-10,14,18-19H,4-5,7-8,11-12H2,1-3H3. The van der Waals surface area contributed by atoms with Crippen LogP contribution in [-0.2, 0) is 6.54 Å². The van der Waals surface area contributed by atoms with E-state index < -0.39 is 5.60 Å². The minimum atomic E-state index is -0.771. The third kappa shape index (κ3) is 4.61. The van der Waals surface area contributed by atoms with Crippen LogP contribution < -0.4 is 14.8 Å².